The van der Waals surface area contributed by atoms with Crippen LogP contribution in [0.5, 0.6) is 0 Å². The summed E-state index contributed by atoms with van der Waals surface area (Å²) in [6.07, 6.45) is 2.39. The van der Waals surface area contributed by atoms with Crippen molar-refractivity contribution in [3.63, 3.8) is 0 Å². The van der Waals surface area contributed by atoms with Crippen LogP contribution in [0.2, 0.25) is 0 Å². The topological polar surface area (TPSA) is 59.4 Å². The number of carbonyl (C=O) groups is 3. The van der Waals surface area contributed by atoms with Gasteiger partial charge in [0, 0.05) is 35.3 Å². The Balaban J connectivity index is 1.32. The number of aryl methyl sites for hydroxylation is 1. The second-order valence-corrected chi connectivity index (χ2v) is 8.27. The van der Waals surface area contributed by atoms with Gasteiger partial charge in [0.2, 0.25) is 0 Å². The molecule has 0 N–H and O–H groups in total. The van der Waals surface area contributed by atoms with Crippen molar-refractivity contribution in [2.24, 2.45) is 0 Å². The van der Waals surface area contributed by atoms with Gasteiger partial charge in [-0.2, -0.15) is 11.8 Å². The lowest BCUT2D eigenvalue weighted by Gasteiger charge is -2.13. The summed E-state index contributed by atoms with van der Waals surface area (Å²) in [7, 11) is 0. The van der Waals surface area contributed by atoms with Crippen LogP contribution in [0, 0.1) is 13.8 Å². The van der Waals surface area contributed by atoms with Crippen molar-refractivity contribution in [2.75, 3.05) is 18.1 Å². The van der Waals surface area contributed by atoms with Gasteiger partial charge in [0.15, 0.2) is 5.78 Å². The molecule has 1 aromatic carbocycles. The summed E-state index contributed by atoms with van der Waals surface area (Å²) in [4.78, 5) is 38.5. The zero-order valence-corrected chi connectivity index (χ0v) is 16.3. The first-order valence-electron chi connectivity index (χ1n) is 9.23. The zero-order valence-electron chi connectivity index (χ0n) is 15.5. The molecule has 0 bridgehead atoms. The van der Waals surface area contributed by atoms with Crippen LogP contribution < -0.4 is 0 Å². The zero-order chi connectivity index (χ0) is 19.1. The largest absolute Gasteiger partial charge is 0.345 e. The second-order valence-electron chi connectivity index (χ2n) is 7.17. The second kappa shape index (κ2) is 7.00. The number of imide groups is 1. The van der Waals surface area contributed by atoms with Crippen LogP contribution in [0.3, 0.4) is 0 Å². The molecule has 2 amide bonds. The highest BCUT2D eigenvalue weighted by Crippen LogP contribution is 2.38. The SMILES string of the molecule is Cc1cc(C(=O)CSCCN2C(=O)c3ccccc3C2=O)c(C)n1C1CC1. The molecule has 0 radical (unpaired) electrons. The maximum Gasteiger partial charge on any atom is 0.261 e. The quantitative estimate of drug-likeness (QED) is 0.417. The number of amides is 2. The average Bonchev–Trinajstić information content (AvgIpc) is 3.40. The smallest absolute Gasteiger partial charge is 0.261 e. The number of hydrogen-bond donors (Lipinski definition) is 0. The van der Waals surface area contributed by atoms with Gasteiger partial charge < -0.3 is 4.57 Å². The maximum atomic E-state index is 12.6. The summed E-state index contributed by atoms with van der Waals surface area (Å²) in [5, 5.41) is 0. The van der Waals surface area contributed by atoms with Gasteiger partial charge >= 0.3 is 0 Å². The monoisotopic (exact) mass is 382 g/mol. The van der Waals surface area contributed by atoms with E-state index in [2.05, 4.69) is 11.5 Å². The van der Waals surface area contributed by atoms with Crippen molar-refractivity contribution in [2.45, 2.75) is 32.7 Å². The minimum absolute atomic E-state index is 0.113. The lowest BCUT2D eigenvalue weighted by Crippen LogP contribution is -2.32. The Morgan fingerprint density at radius 1 is 1.11 bits per heavy atom. The lowest BCUT2D eigenvalue weighted by atomic mass is 10.1. The number of benzene rings is 1. The molecular formula is C21H22N2O3S. The molecule has 1 fully saturated rings. The van der Waals surface area contributed by atoms with E-state index in [1.807, 2.05) is 13.0 Å². The summed E-state index contributed by atoms with van der Waals surface area (Å²) < 4.78 is 2.27. The van der Waals surface area contributed by atoms with Gasteiger partial charge in [-0.25, -0.2) is 0 Å². The predicted molar refractivity (Wildman–Crippen MR) is 106 cm³/mol. The van der Waals surface area contributed by atoms with Crippen molar-refractivity contribution in [1.82, 2.24) is 9.47 Å². The van der Waals surface area contributed by atoms with Gasteiger partial charge in [0.1, 0.15) is 0 Å². The lowest BCUT2D eigenvalue weighted by molar-refractivity contribution is 0.0664. The van der Waals surface area contributed by atoms with Crippen molar-refractivity contribution in [3.05, 3.63) is 58.4 Å². The number of Topliss-reactive ketones (excluding diaryl/α,β-unsaturated/α-hetero) is 1. The van der Waals surface area contributed by atoms with Crippen molar-refractivity contribution >= 4 is 29.4 Å². The molecule has 6 heteroatoms. The van der Waals surface area contributed by atoms with Crippen molar-refractivity contribution in [1.29, 1.82) is 0 Å². The summed E-state index contributed by atoms with van der Waals surface area (Å²) in [6.45, 7) is 4.39. The van der Waals surface area contributed by atoms with Crippen LogP contribution in [0.15, 0.2) is 30.3 Å². The molecule has 27 heavy (non-hydrogen) atoms. The third kappa shape index (κ3) is 3.23. The van der Waals surface area contributed by atoms with Crippen LogP contribution >= 0.6 is 11.8 Å². The summed E-state index contributed by atoms with van der Waals surface area (Å²) in [5.74, 6) is 0.546. The molecule has 2 aromatic rings. The molecule has 1 aliphatic heterocycles. The molecular weight excluding hydrogens is 360 g/mol. The first-order chi connectivity index (χ1) is 13.0. The maximum absolute atomic E-state index is 12.6. The Labute approximate surface area is 162 Å². The van der Waals surface area contributed by atoms with E-state index in [1.165, 1.54) is 29.5 Å². The summed E-state index contributed by atoms with van der Waals surface area (Å²) >= 11 is 1.47. The fraction of sp³-hybridized carbons (Fsp3) is 0.381. The molecule has 0 unspecified atom stereocenters. The van der Waals surface area contributed by atoms with Gasteiger partial charge in [-0.05, 0) is 44.9 Å². The first kappa shape index (κ1) is 18.0. The first-order valence-corrected chi connectivity index (χ1v) is 10.4. The Morgan fingerprint density at radius 2 is 1.74 bits per heavy atom. The molecule has 0 atom stereocenters. The van der Waals surface area contributed by atoms with Gasteiger partial charge in [-0.15, -0.1) is 0 Å². The van der Waals surface area contributed by atoms with E-state index >= 15 is 0 Å². The molecule has 5 nitrogen and oxygen atoms in total. The molecule has 1 saturated carbocycles. The Morgan fingerprint density at radius 3 is 2.33 bits per heavy atom. The Bertz CT molecular complexity index is 908. The molecule has 1 aromatic heterocycles. The molecule has 2 heterocycles. The number of carbonyl (C=O) groups excluding carboxylic acids is 3. The fourth-order valence-corrected chi connectivity index (χ4v) is 4.59. The normalized spacial score (nSPS) is 16.1. The van der Waals surface area contributed by atoms with Crippen LogP contribution in [0.25, 0.3) is 0 Å². The van der Waals surface area contributed by atoms with Gasteiger partial charge in [0.25, 0.3) is 11.8 Å². The van der Waals surface area contributed by atoms with Crippen LogP contribution in [0.1, 0.15) is 61.3 Å². The number of fused-ring (bicyclic) bond motifs is 1. The van der Waals surface area contributed by atoms with E-state index in [-0.39, 0.29) is 17.6 Å². The molecule has 0 saturated heterocycles. The Kier molecular flexibility index (Phi) is 4.68. The van der Waals surface area contributed by atoms with Crippen LogP contribution in [-0.2, 0) is 0 Å². The molecule has 2 aliphatic rings. The van der Waals surface area contributed by atoms with Crippen molar-refractivity contribution in [3.8, 4) is 0 Å². The fourth-order valence-electron chi connectivity index (χ4n) is 3.79. The minimum Gasteiger partial charge on any atom is -0.345 e. The Hall–Kier alpha value is -2.34. The van der Waals surface area contributed by atoms with E-state index < -0.39 is 0 Å². The van der Waals surface area contributed by atoms with Gasteiger partial charge in [-0.1, -0.05) is 12.1 Å². The molecule has 140 valence electrons. The number of aromatic nitrogens is 1. The number of thioether (sulfide) groups is 1. The highest BCUT2D eigenvalue weighted by molar-refractivity contribution is 8.00. The highest BCUT2D eigenvalue weighted by Gasteiger charge is 2.34. The molecule has 4 rings (SSSR count). The number of ketones is 1. The predicted octanol–water partition coefficient (Wildman–Crippen LogP) is 3.65. The third-order valence-electron chi connectivity index (χ3n) is 5.27. The van der Waals surface area contributed by atoms with E-state index in [4.69, 9.17) is 0 Å². The van der Waals surface area contributed by atoms with Gasteiger partial charge in [-0.3, -0.25) is 19.3 Å². The van der Waals surface area contributed by atoms with Gasteiger partial charge in [0.05, 0.1) is 16.9 Å². The summed E-state index contributed by atoms with van der Waals surface area (Å²) in [6, 6.07) is 9.44. The summed E-state index contributed by atoms with van der Waals surface area (Å²) in [5.41, 5.74) is 3.94. The van der Waals surface area contributed by atoms with Crippen LogP contribution in [-0.4, -0.2) is 45.1 Å². The van der Waals surface area contributed by atoms with E-state index in [1.54, 1.807) is 24.3 Å². The number of rotatable bonds is 7. The molecule has 1 aliphatic carbocycles. The van der Waals surface area contributed by atoms with Crippen molar-refractivity contribution < 1.29 is 14.4 Å². The van der Waals surface area contributed by atoms with E-state index in [9.17, 15) is 14.4 Å². The highest BCUT2D eigenvalue weighted by atomic mass is 32.2. The standard InChI is InChI=1S/C21H22N2O3S/c1-13-11-18(14(2)23(13)15-7-8-15)19(24)12-27-10-9-22-20(25)16-5-3-4-6-17(16)21(22)26/h3-6,11,15H,7-10,12H2,1-2H3. The van der Waals surface area contributed by atoms with E-state index in [0.717, 1.165) is 17.0 Å². The number of hydrogen-bond acceptors (Lipinski definition) is 4. The minimum atomic E-state index is -0.240. The molecule has 0 spiro atoms. The van der Waals surface area contributed by atoms with Crippen LogP contribution in [0.4, 0.5) is 0 Å². The van der Waals surface area contributed by atoms with E-state index in [0.29, 0.717) is 35.2 Å². The third-order valence-corrected chi connectivity index (χ3v) is 6.20. The number of nitrogens with zero attached hydrogens (tertiary/aromatic N) is 2. The average molecular weight is 382 g/mol.